The zero-order valence-corrected chi connectivity index (χ0v) is 11.1. The molecule has 1 amide bonds. The first-order valence-electron chi connectivity index (χ1n) is 6.32. The predicted octanol–water partition coefficient (Wildman–Crippen LogP) is 2.53. The number of fused-ring (bicyclic) bond motifs is 1. The number of hydrogen-bond acceptors (Lipinski definition) is 3. The van der Waals surface area contributed by atoms with Gasteiger partial charge in [-0.2, -0.15) is 0 Å². The van der Waals surface area contributed by atoms with Crippen LogP contribution in [-0.4, -0.2) is 13.0 Å². The summed E-state index contributed by atoms with van der Waals surface area (Å²) in [5, 5.41) is 2.78. The van der Waals surface area contributed by atoms with Gasteiger partial charge in [-0.1, -0.05) is 24.3 Å². The lowest BCUT2D eigenvalue weighted by atomic mass is 10.1. The molecule has 1 aliphatic heterocycles. The van der Waals surface area contributed by atoms with Gasteiger partial charge in [-0.15, -0.1) is 0 Å². The molecule has 0 aliphatic carbocycles. The highest BCUT2D eigenvalue weighted by atomic mass is 16.5. The minimum atomic E-state index is -0.0530. The number of hydrogen-bond donors (Lipinski definition) is 1. The number of rotatable bonds is 4. The Kier molecular flexibility index (Phi) is 3.29. The molecule has 1 heterocycles. The molecule has 20 heavy (non-hydrogen) atoms. The Morgan fingerprint density at radius 3 is 2.90 bits per heavy atom. The Hall–Kier alpha value is -2.49. The second-order valence-corrected chi connectivity index (χ2v) is 4.48. The lowest BCUT2D eigenvalue weighted by Gasteiger charge is -2.09. The molecule has 4 heteroatoms. The normalized spacial score (nSPS) is 12.8. The highest BCUT2D eigenvalue weighted by Gasteiger charge is 2.19. The third-order valence-corrected chi connectivity index (χ3v) is 3.23. The smallest absolute Gasteiger partial charge is 0.252 e. The van der Waals surface area contributed by atoms with E-state index >= 15 is 0 Å². The van der Waals surface area contributed by atoms with Crippen LogP contribution < -0.4 is 14.8 Å². The van der Waals surface area contributed by atoms with Gasteiger partial charge in [-0.3, -0.25) is 4.79 Å². The van der Waals surface area contributed by atoms with Gasteiger partial charge in [0.25, 0.3) is 5.91 Å². The number of methoxy groups -OCH3 is 1. The van der Waals surface area contributed by atoms with E-state index < -0.39 is 0 Å². The molecule has 2 aromatic rings. The van der Waals surface area contributed by atoms with Crippen LogP contribution in [-0.2, 0) is 6.54 Å². The molecule has 0 bridgehead atoms. The molecule has 0 aromatic heterocycles. The summed E-state index contributed by atoms with van der Waals surface area (Å²) < 4.78 is 10.9. The summed E-state index contributed by atoms with van der Waals surface area (Å²) in [6.45, 7) is 2.21. The molecule has 0 unspecified atom stereocenters. The highest BCUT2D eigenvalue weighted by molar-refractivity contribution is 5.98. The molecule has 0 spiro atoms. The van der Waals surface area contributed by atoms with Crippen LogP contribution in [0.25, 0.3) is 0 Å². The van der Waals surface area contributed by atoms with Crippen molar-refractivity contribution in [3.05, 3.63) is 65.8 Å². The first-order chi connectivity index (χ1) is 9.78. The molecule has 1 N–H and O–H groups in total. The number of amides is 1. The standard InChI is InChI=1S/C16H14NO3/c1-19-15-5-3-2-4-12(15)10-20-13-7-6-11-9-17-16(18)14(11)8-13/h2-8,10H,9H2,1H3,(H,17,18). The van der Waals surface area contributed by atoms with E-state index in [1.165, 1.54) is 0 Å². The van der Waals surface area contributed by atoms with E-state index in [-0.39, 0.29) is 5.91 Å². The second-order valence-electron chi connectivity index (χ2n) is 4.48. The van der Waals surface area contributed by atoms with Crippen LogP contribution in [0.1, 0.15) is 21.5 Å². The monoisotopic (exact) mass is 268 g/mol. The van der Waals surface area contributed by atoms with Crippen LogP contribution in [0.5, 0.6) is 11.5 Å². The number of ether oxygens (including phenoxy) is 2. The molecule has 0 atom stereocenters. The molecule has 0 saturated carbocycles. The van der Waals surface area contributed by atoms with E-state index in [1.807, 2.05) is 36.4 Å². The van der Waals surface area contributed by atoms with Crippen molar-refractivity contribution in [2.24, 2.45) is 0 Å². The van der Waals surface area contributed by atoms with Gasteiger partial charge < -0.3 is 14.8 Å². The SMILES string of the molecule is COc1ccccc1[CH]Oc1ccc2c(c1)C(=O)NC2. The zero-order valence-electron chi connectivity index (χ0n) is 11.1. The fourth-order valence-electron chi connectivity index (χ4n) is 2.16. The summed E-state index contributed by atoms with van der Waals surface area (Å²) in [6.07, 6.45) is 0. The minimum absolute atomic E-state index is 0.0530. The van der Waals surface area contributed by atoms with E-state index in [1.54, 1.807) is 19.8 Å². The molecule has 101 valence electrons. The molecule has 3 rings (SSSR count). The fourth-order valence-corrected chi connectivity index (χ4v) is 2.16. The fraction of sp³-hybridized carbons (Fsp3) is 0.125. The highest BCUT2D eigenvalue weighted by Crippen LogP contribution is 2.25. The topological polar surface area (TPSA) is 47.6 Å². The molecule has 2 aromatic carbocycles. The van der Waals surface area contributed by atoms with Crippen LogP contribution in [0.4, 0.5) is 0 Å². The third-order valence-electron chi connectivity index (χ3n) is 3.23. The Morgan fingerprint density at radius 2 is 2.05 bits per heavy atom. The number of nitrogens with one attached hydrogen (secondary N) is 1. The van der Waals surface area contributed by atoms with Crippen LogP contribution in [0.15, 0.2) is 42.5 Å². The third kappa shape index (κ3) is 2.32. The Labute approximate surface area is 117 Å². The van der Waals surface area contributed by atoms with Crippen molar-refractivity contribution in [1.29, 1.82) is 0 Å². The lowest BCUT2D eigenvalue weighted by molar-refractivity contribution is 0.0965. The number of carbonyl (C=O) groups is 1. The molecule has 4 nitrogen and oxygen atoms in total. The van der Waals surface area contributed by atoms with Gasteiger partial charge in [-0.25, -0.2) is 0 Å². The number of benzene rings is 2. The molecule has 1 radical (unpaired) electrons. The van der Waals surface area contributed by atoms with Crippen molar-refractivity contribution in [2.45, 2.75) is 6.54 Å². The number of para-hydroxylation sites is 1. The Balaban J connectivity index is 1.76. The van der Waals surface area contributed by atoms with E-state index in [0.717, 1.165) is 16.9 Å². The van der Waals surface area contributed by atoms with Crippen LogP contribution in [0.2, 0.25) is 0 Å². The molecule has 1 aliphatic rings. The maximum Gasteiger partial charge on any atom is 0.252 e. The van der Waals surface area contributed by atoms with E-state index in [2.05, 4.69) is 5.32 Å². The van der Waals surface area contributed by atoms with Gasteiger partial charge in [0.05, 0.1) is 7.11 Å². The molecular weight excluding hydrogens is 254 g/mol. The molecule has 0 saturated heterocycles. The first-order valence-corrected chi connectivity index (χ1v) is 6.32. The van der Waals surface area contributed by atoms with E-state index in [9.17, 15) is 4.79 Å². The Bertz CT molecular complexity index is 652. The van der Waals surface area contributed by atoms with Crippen molar-refractivity contribution >= 4 is 5.91 Å². The van der Waals surface area contributed by atoms with Gasteiger partial charge in [0, 0.05) is 17.7 Å². The average molecular weight is 268 g/mol. The second kappa shape index (κ2) is 5.25. The summed E-state index contributed by atoms with van der Waals surface area (Å²) >= 11 is 0. The average Bonchev–Trinajstić information content (AvgIpc) is 2.86. The quantitative estimate of drug-likeness (QED) is 0.927. The van der Waals surface area contributed by atoms with Gasteiger partial charge in [0.2, 0.25) is 0 Å². The summed E-state index contributed by atoms with van der Waals surface area (Å²) in [5.74, 6) is 1.32. The molecule has 0 fully saturated rings. The van der Waals surface area contributed by atoms with Crippen LogP contribution >= 0.6 is 0 Å². The first kappa shape index (κ1) is 12.5. The van der Waals surface area contributed by atoms with Crippen molar-refractivity contribution in [3.8, 4) is 11.5 Å². The predicted molar refractivity (Wildman–Crippen MR) is 74.6 cm³/mol. The Morgan fingerprint density at radius 1 is 1.20 bits per heavy atom. The zero-order chi connectivity index (χ0) is 13.9. The van der Waals surface area contributed by atoms with Crippen LogP contribution in [0, 0.1) is 6.61 Å². The summed E-state index contributed by atoms with van der Waals surface area (Å²) in [7, 11) is 1.62. The van der Waals surface area contributed by atoms with Crippen molar-refractivity contribution in [1.82, 2.24) is 5.32 Å². The van der Waals surface area contributed by atoms with Crippen molar-refractivity contribution in [3.63, 3.8) is 0 Å². The van der Waals surface area contributed by atoms with Crippen molar-refractivity contribution in [2.75, 3.05) is 7.11 Å². The van der Waals surface area contributed by atoms with E-state index in [4.69, 9.17) is 9.47 Å². The van der Waals surface area contributed by atoms with Crippen LogP contribution in [0.3, 0.4) is 0 Å². The maximum absolute atomic E-state index is 11.6. The summed E-state index contributed by atoms with van der Waals surface area (Å²) in [4.78, 5) is 11.6. The van der Waals surface area contributed by atoms with Gasteiger partial charge in [0.1, 0.15) is 11.5 Å². The maximum atomic E-state index is 11.6. The molecular formula is C16H14NO3. The van der Waals surface area contributed by atoms with Gasteiger partial charge >= 0.3 is 0 Å². The van der Waals surface area contributed by atoms with E-state index in [0.29, 0.717) is 17.9 Å². The van der Waals surface area contributed by atoms with Gasteiger partial charge in [0.15, 0.2) is 6.61 Å². The minimum Gasteiger partial charge on any atom is -0.496 e. The number of carbonyl (C=O) groups excluding carboxylic acids is 1. The largest absolute Gasteiger partial charge is 0.496 e. The summed E-state index contributed by atoms with van der Waals surface area (Å²) in [5.41, 5.74) is 2.52. The van der Waals surface area contributed by atoms with Crippen molar-refractivity contribution < 1.29 is 14.3 Å². The van der Waals surface area contributed by atoms with Gasteiger partial charge in [-0.05, 0) is 23.8 Å². The summed E-state index contributed by atoms with van der Waals surface area (Å²) in [6, 6.07) is 13.1. The lowest BCUT2D eigenvalue weighted by Crippen LogP contribution is -2.12.